The van der Waals surface area contributed by atoms with Crippen LogP contribution in [0.2, 0.25) is 0 Å². The molecule has 0 saturated carbocycles. The molecule has 84 valence electrons. The fourth-order valence-electron chi connectivity index (χ4n) is 0.898. The number of carbonyl (C=O) groups excluding carboxylic acids is 1. The zero-order chi connectivity index (χ0) is 11.8. The summed E-state index contributed by atoms with van der Waals surface area (Å²) in [4.78, 5) is 19.3. The van der Waals surface area contributed by atoms with Crippen LogP contribution in [0.5, 0.6) is 0 Å². The van der Waals surface area contributed by atoms with E-state index in [1.54, 1.807) is 19.4 Å². The predicted molar refractivity (Wildman–Crippen MR) is 60.9 cm³/mol. The van der Waals surface area contributed by atoms with Crippen molar-refractivity contribution in [1.82, 2.24) is 15.3 Å². The predicted octanol–water partition coefficient (Wildman–Crippen LogP) is 1.99. The number of hydrogen-bond donors (Lipinski definition) is 1. The number of aromatic nitrogens is 2. The monoisotopic (exact) mass is 209 g/mol. The van der Waals surface area contributed by atoms with Crippen molar-refractivity contribution < 1.29 is 4.79 Å². The Hall–Kier alpha value is -1.45. The SMILES string of the molecule is CC.CNC(=O)c1cnc(C(C)C)nc1. The number of amides is 1. The van der Waals surface area contributed by atoms with Crippen molar-refractivity contribution >= 4 is 5.91 Å². The molecule has 15 heavy (non-hydrogen) atoms. The highest BCUT2D eigenvalue weighted by Gasteiger charge is 2.06. The molecule has 1 heterocycles. The molecule has 0 atom stereocenters. The van der Waals surface area contributed by atoms with Gasteiger partial charge in [0, 0.05) is 25.4 Å². The Morgan fingerprint density at radius 1 is 1.27 bits per heavy atom. The number of nitrogens with one attached hydrogen (secondary N) is 1. The normalized spacial score (nSPS) is 9.20. The first-order valence-corrected chi connectivity index (χ1v) is 5.19. The first kappa shape index (κ1) is 13.5. The Bertz CT molecular complexity index is 293. The Morgan fingerprint density at radius 3 is 2.07 bits per heavy atom. The molecule has 0 spiro atoms. The van der Waals surface area contributed by atoms with E-state index in [9.17, 15) is 4.79 Å². The maximum atomic E-state index is 11.1. The van der Waals surface area contributed by atoms with E-state index in [2.05, 4.69) is 15.3 Å². The average molecular weight is 209 g/mol. The van der Waals surface area contributed by atoms with Crippen molar-refractivity contribution in [2.24, 2.45) is 0 Å². The van der Waals surface area contributed by atoms with Crippen molar-refractivity contribution in [3.05, 3.63) is 23.8 Å². The lowest BCUT2D eigenvalue weighted by Crippen LogP contribution is -2.18. The third-order valence-corrected chi connectivity index (χ3v) is 1.68. The van der Waals surface area contributed by atoms with E-state index in [1.165, 1.54) is 0 Å². The lowest BCUT2D eigenvalue weighted by Gasteiger charge is -2.03. The fraction of sp³-hybridized carbons (Fsp3) is 0.545. The molecule has 1 N–H and O–H groups in total. The molecule has 0 aliphatic rings. The molecule has 0 saturated heterocycles. The van der Waals surface area contributed by atoms with Gasteiger partial charge in [-0.05, 0) is 0 Å². The molecule has 4 heteroatoms. The van der Waals surface area contributed by atoms with E-state index in [0.717, 1.165) is 5.82 Å². The summed E-state index contributed by atoms with van der Waals surface area (Å²) in [6.07, 6.45) is 3.09. The second-order valence-electron chi connectivity index (χ2n) is 3.06. The number of carbonyl (C=O) groups is 1. The van der Waals surface area contributed by atoms with Gasteiger partial charge in [0.2, 0.25) is 0 Å². The summed E-state index contributed by atoms with van der Waals surface area (Å²) in [5, 5.41) is 2.51. The first-order valence-electron chi connectivity index (χ1n) is 5.19. The van der Waals surface area contributed by atoms with E-state index in [0.29, 0.717) is 11.5 Å². The minimum atomic E-state index is -0.157. The second kappa shape index (κ2) is 6.92. The zero-order valence-electron chi connectivity index (χ0n) is 10.0. The molecule has 1 amide bonds. The van der Waals surface area contributed by atoms with E-state index in [1.807, 2.05) is 27.7 Å². The molecule has 0 bridgehead atoms. The molecule has 1 rings (SSSR count). The van der Waals surface area contributed by atoms with E-state index >= 15 is 0 Å². The summed E-state index contributed by atoms with van der Waals surface area (Å²) in [6, 6.07) is 0. The fourth-order valence-corrected chi connectivity index (χ4v) is 0.898. The lowest BCUT2D eigenvalue weighted by molar-refractivity contribution is 0.0962. The van der Waals surface area contributed by atoms with Crippen molar-refractivity contribution in [3.63, 3.8) is 0 Å². The summed E-state index contributed by atoms with van der Waals surface area (Å²) in [7, 11) is 1.58. The van der Waals surface area contributed by atoms with Crippen LogP contribution in [0.1, 0.15) is 49.8 Å². The molecular weight excluding hydrogens is 190 g/mol. The first-order chi connectivity index (χ1) is 7.15. The Morgan fingerprint density at radius 2 is 1.73 bits per heavy atom. The van der Waals surface area contributed by atoms with Crippen LogP contribution in [-0.2, 0) is 0 Å². The lowest BCUT2D eigenvalue weighted by atomic mass is 10.2. The molecule has 0 aliphatic heterocycles. The Labute approximate surface area is 91.1 Å². The van der Waals surface area contributed by atoms with Crippen molar-refractivity contribution in [3.8, 4) is 0 Å². The second-order valence-corrected chi connectivity index (χ2v) is 3.06. The van der Waals surface area contributed by atoms with Gasteiger partial charge in [-0.25, -0.2) is 9.97 Å². The summed E-state index contributed by atoms with van der Waals surface area (Å²) in [5.74, 6) is 0.890. The largest absolute Gasteiger partial charge is 0.355 e. The van der Waals surface area contributed by atoms with Gasteiger partial charge in [0.05, 0.1) is 5.56 Å². The van der Waals surface area contributed by atoms with Crippen LogP contribution in [0.3, 0.4) is 0 Å². The standard InChI is InChI=1S/C9H13N3O.C2H6/c1-6(2)8-11-4-7(5-12-8)9(13)10-3;1-2/h4-6H,1-3H3,(H,10,13);1-2H3. The highest BCUT2D eigenvalue weighted by atomic mass is 16.1. The zero-order valence-corrected chi connectivity index (χ0v) is 10.0. The minimum absolute atomic E-state index is 0.157. The van der Waals surface area contributed by atoms with Gasteiger partial charge in [0.25, 0.3) is 5.91 Å². The van der Waals surface area contributed by atoms with Crippen LogP contribution < -0.4 is 5.32 Å². The summed E-state index contributed by atoms with van der Waals surface area (Å²) in [5.41, 5.74) is 0.493. The van der Waals surface area contributed by atoms with Gasteiger partial charge in [-0.15, -0.1) is 0 Å². The maximum Gasteiger partial charge on any atom is 0.254 e. The van der Waals surface area contributed by atoms with Crippen LogP contribution in [-0.4, -0.2) is 22.9 Å². The number of hydrogen-bond acceptors (Lipinski definition) is 3. The van der Waals surface area contributed by atoms with Gasteiger partial charge < -0.3 is 5.32 Å². The van der Waals surface area contributed by atoms with Gasteiger partial charge in [-0.2, -0.15) is 0 Å². The molecule has 0 radical (unpaired) electrons. The minimum Gasteiger partial charge on any atom is -0.355 e. The summed E-state index contributed by atoms with van der Waals surface area (Å²) >= 11 is 0. The van der Waals surface area contributed by atoms with E-state index in [-0.39, 0.29) is 5.91 Å². The van der Waals surface area contributed by atoms with Crippen LogP contribution in [0, 0.1) is 0 Å². The maximum absolute atomic E-state index is 11.1. The van der Waals surface area contributed by atoms with Gasteiger partial charge in [-0.1, -0.05) is 27.7 Å². The van der Waals surface area contributed by atoms with Gasteiger partial charge in [0.15, 0.2) is 0 Å². The third kappa shape index (κ3) is 4.06. The Kier molecular flexibility index (Phi) is 6.25. The van der Waals surface area contributed by atoms with Gasteiger partial charge >= 0.3 is 0 Å². The van der Waals surface area contributed by atoms with Crippen LogP contribution in [0.4, 0.5) is 0 Å². The molecule has 1 aromatic rings. The highest BCUT2D eigenvalue weighted by Crippen LogP contribution is 2.07. The molecule has 0 unspecified atom stereocenters. The van der Waals surface area contributed by atoms with Gasteiger partial charge in [-0.3, -0.25) is 4.79 Å². The van der Waals surface area contributed by atoms with Crippen molar-refractivity contribution in [1.29, 1.82) is 0 Å². The topological polar surface area (TPSA) is 54.9 Å². The molecule has 4 nitrogen and oxygen atoms in total. The highest BCUT2D eigenvalue weighted by molar-refractivity contribution is 5.93. The molecule has 0 fully saturated rings. The Balaban J connectivity index is 0.000000921. The number of nitrogens with zero attached hydrogens (tertiary/aromatic N) is 2. The van der Waals surface area contributed by atoms with Crippen molar-refractivity contribution in [2.45, 2.75) is 33.6 Å². The van der Waals surface area contributed by atoms with Crippen molar-refractivity contribution in [2.75, 3.05) is 7.05 Å². The van der Waals surface area contributed by atoms with E-state index in [4.69, 9.17) is 0 Å². The smallest absolute Gasteiger partial charge is 0.254 e. The number of rotatable bonds is 2. The third-order valence-electron chi connectivity index (χ3n) is 1.68. The van der Waals surface area contributed by atoms with Gasteiger partial charge in [0.1, 0.15) is 5.82 Å². The summed E-state index contributed by atoms with van der Waals surface area (Å²) in [6.45, 7) is 8.02. The quantitative estimate of drug-likeness (QED) is 0.810. The molecule has 1 aromatic heterocycles. The molecular formula is C11H19N3O. The van der Waals surface area contributed by atoms with Crippen LogP contribution in [0.25, 0.3) is 0 Å². The van der Waals surface area contributed by atoms with E-state index < -0.39 is 0 Å². The average Bonchev–Trinajstić information content (AvgIpc) is 2.31. The molecule has 0 aromatic carbocycles. The van der Waals surface area contributed by atoms with Crippen LogP contribution >= 0.6 is 0 Å². The molecule has 0 aliphatic carbocycles. The summed E-state index contributed by atoms with van der Waals surface area (Å²) < 4.78 is 0. The van der Waals surface area contributed by atoms with Crippen LogP contribution in [0.15, 0.2) is 12.4 Å².